The zero-order chi connectivity index (χ0) is 13.9. The third-order valence-electron chi connectivity index (χ3n) is 4.19. The molecule has 1 fully saturated rings. The number of nitrogens with zero attached hydrogens (tertiary/aromatic N) is 1. The lowest BCUT2D eigenvalue weighted by Crippen LogP contribution is -2.42. The van der Waals surface area contributed by atoms with E-state index in [2.05, 4.69) is 39.5 Å². The first kappa shape index (κ1) is 15.5. The second-order valence-corrected chi connectivity index (χ2v) is 6.95. The van der Waals surface area contributed by atoms with Crippen LogP contribution >= 0.6 is 0 Å². The van der Waals surface area contributed by atoms with Crippen LogP contribution in [0, 0.1) is 11.3 Å². The summed E-state index contributed by atoms with van der Waals surface area (Å²) in [5.41, 5.74) is 0.435. The summed E-state index contributed by atoms with van der Waals surface area (Å²) in [6.07, 6.45) is 3.56. The van der Waals surface area contributed by atoms with Gasteiger partial charge in [-0.15, -0.1) is 0 Å². The fourth-order valence-corrected chi connectivity index (χ4v) is 3.52. The van der Waals surface area contributed by atoms with Crippen LogP contribution in [0.15, 0.2) is 0 Å². The molecular formula is C15H29NO2. The second kappa shape index (κ2) is 6.05. The van der Waals surface area contributed by atoms with E-state index in [4.69, 9.17) is 5.11 Å². The largest absolute Gasteiger partial charge is 0.481 e. The van der Waals surface area contributed by atoms with Crippen molar-refractivity contribution in [2.75, 3.05) is 6.54 Å². The molecular weight excluding hydrogens is 226 g/mol. The number of carbonyl (C=O) groups is 1. The van der Waals surface area contributed by atoms with Gasteiger partial charge in [0.1, 0.15) is 0 Å². The van der Waals surface area contributed by atoms with E-state index in [-0.39, 0.29) is 6.42 Å². The zero-order valence-corrected chi connectivity index (χ0v) is 12.6. The van der Waals surface area contributed by atoms with Gasteiger partial charge in [-0.1, -0.05) is 20.8 Å². The molecule has 3 nitrogen and oxygen atoms in total. The topological polar surface area (TPSA) is 40.5 Å². The summed E-state index contributed by atoms with van der Waals surface area (Å²) in [5, 5.41) is 8.75. The molecule has 0 amide bonds. The molecule has 1 N–H and O–H groups in total. The third kappa shape index (κ3) is 4.27. The fraction of sp³-hybridized carbons (Fsp3) is 0.933. The van der Waals surface area contributed by atoms with Crippen LogP contribution in [0.4, 0.5) is 0 Å². The zero-order valence-electron chi connectivity index (χ0n) is 12.6. The van der Waals surface area contributed by atoms with E-state index in [0.717, 1.165) is 13.0 Å². The van der Waals surface area contributed by atoms with Crippen LogP contribution in [0.25, 0.3) is 0 Å². The Morgan fingerprint density at radius 2 is 2.00 bits per heavy atom. The average Bonchev–Trinajstić information content (AvgIpc) is 2.46. The van der Waals surface area contributed by atoms with Crippen molar-refractivity contribution in [2.24, 2.45) is 11.3 Å². The number of hydrogen-bond donors (Lipinski definition) is 1. The highest BCUT2D eigenvalue weighted by atomic mass is 16.4. The predicted molar refractivity (Wildman–Crippen MR) is 74.7 cm³/mol. The Labute approximate surface area is 112 Å². The van der Waals surface area contributed by atoms with Crippen molar-refractivity contribution in [2.45, 2.75) is 72.4 Å². The number of rotatable bonds is 6. The van der Waals surface area contributed by atoms with Crippen LogP contribution < -0.4 is 0 Å². The molecule has 106 valence electrons. The molecule has 3 heteroatoms. The molecule has 1 rings (SSSR count). The van der Waals surface area contributed by atoms with Gasteiger partial charge in [-0.25, -0.2) is 0 Å². The van der Waals surface area contributed by atoms with E-state index in [1.807, 2.05) is 0 Å². The van der Waals surface area contributed by atoms with E-state index >= 15 is 0 Å². The number of aliphatic carboxylic acids is 1. The summed E-state index contributed by atoms with van der Waals surface area (Å²) in [7, 11) is 0. The minimum Gasteiger partial charge on any atom is -0.481 e. The minimum absolute atomic E-state index is 0.285. The SMILES string of the molecule is CC1CC(C)(C)CC1N(CCCC(=O)O)C(C)C. The summed E-state index contributed by atoms with van der Waals surface area (Å²) < 4.78 is 0. The van der Waals surface area contributed by atoms with Crippen molar-refractivity contribution in [3.63, 3.8) is 0 Å². The number of carboxylic acid groups (broad SMARTS) is 1. The normalized spacial score (nSPS) is 27.1. The third-order valence-corrected chi connectivity index (χ3v) is 4.19. The van der Waals surface area contributed by atoms with E-state index in [1.165, 1.54) is 12.8 Å². The molecule has 1 saturated carbocycles. The number of carboxylic acids is 1. The Balaban J connectivity index is 2.59. The summed E-state index contributed by atoms with van der Waals surface area (Å²) in [4.78, 5) is 13.1. The van der Waals surface area contributed by atoms with Gasteiger partial charge in [-0.3, -0.25) is 9.69 Å². The molecule has 0 radical (unpaired) electrons. The van der Waals surface area contributed by atoms with Crippen molar-refractivity contribution in [3.05, 3.63) is 0 Å². The van der Waals surface area contributed by atoms with E-state index < -0.39 is 5.97 Å². The first-order chi connectivity index (χ1) is 8.23. The Bertz CT molecular complexity index is 286. The summed E-state index contributed by atoms with van der Waals surface area (Å²) in [6, 6.07) is 1.12. The molecule has 0 aromatic carbocycles. The lowest BCUT2D eigenvalue weighted by molar-refractivity contribution is -0.137. The molecule has 2 unspecified atom stereocenters. The fourth-order valence-electron chi connectivity index (χ4n) is 3.52. The van der Waals surface area contributed by atoms with Crippen LogP contribution in [0.3, 0.4) is 0 Å². The van der Waals surface area contributed by atoms with Gasteiger partial charge in [0.25, 0.3) is 0 Å². The van der Waals surface area contributed by atoms with Crippen LogP contribution in [0.2, 0.25) is 0 Å². The maximum absolute atomic E-state index is 10.6. The Hall–Kier alpha value is -0.570. The summed E-state index contributed by atoms with van der Waals surface area (Å²) >= 11 is 0. The molecule has 18 heavy (non-hydrogen) atoms. The molecule has 1 aliphatic rings. The maximum Gasteiger partial charge on any atom is 0.303 e. The molecule has 1 aliphatic carbocycles. The van der Waals surface area contributed by atoms with Crippen LogP contribution in [0.1, 0.15) is 60.3 Å². The van der Waals surface area contributed by atoms with Gasteiger partial charge >= 0.3 is 5.97 Å². The molecule has 0 spiro atoms. The maximum atomic E-state index is 10.6. The van der Waals surface area contributed by atoms with Gasteiger partial charge in [-0.2, -0.15) is 0 Å². The van der Waals surface area contributed by atoms with Gasteiger partial charge in [-0.05, 0) is 51.0 Å². The average molecular weight is 255 g/mol. The van der Waals surface area contributed by atoms with Gasteiger partial charge in [0, 0.05) is 18.5 Å². The van der Waals surface area contributed by atoms with E-state index in [0.29, 0.717) is 23.4 Å². The molecule has 0 bridgehead atoms. The first-order valence-electron chi connectivity index (χ1n) is 7.20. The molecule has 2 atom stereocenters. The Kier molecular flexibility index (Phi) is 5.20. The predicted octanol–water partition coefficient (Wildman–Crippen LogP) is 3.39. The second-order valence-electron chi connectivity index (χ2n) is 6.95. The summed E-state index contributed by atoms with van der Waals surface area (Å²) in [5.74, 6) is 0.0331. The van der Waals surface area contributed by atoms with Gasteiger partial charge in [0.15, 0.2) is 0 Å². The van der Waals surface area contributed by atoms with Crippen molar-refractivity contribution in [1.82, 2.24) is 4.90 Å². The van der Waals surface area contributed by atoms with Crippen molar-refractivity contribution in [1.29, 1.82) is 0 Å². The number of hydrogen-bond acceptors (Lipinski definition) is 2. The smallest absolute Gasteiger partial charge is 0.303 e. The van der Waals surface area contributed by atoms with Crippen LogP contribution in [0.5, 0.6) is 0 Å². The molecule has 0 heterocycles. The van der Waals surface area contributed by atoms with E-state index in [1.54, 1.807) is 0 Å². The van der Waals surface area contributed by atoms with Gasteiger partial charge < -0.3 is 5.11 Å². The summed E-state index contributed by atoms with van der Waals surface area (Å²) in [6.45, 7) is 12.4. The molecule has 0 aromatic rings. The van der Waals surface area contributed by atoms with Gasteiger partial charge in [0.2, 0.25) is 0 Å². The van der Waals surface area contributed by atoms with E-state index in [9.17, 15) is 4.79 Å². The highest BCUT2D eigenvalue weighted by molar-refractivity contribution is 5.66. The molecule has 0 aliphatic heterocycles. The lowest BCUT2D eigenvalue weighted by atomic mass is 9.91. The van der Waals surface area contributed by atoms with Crippen LogP contribution in [-0.4, -0.2) is 34.6 Å². The minimum atomic E-state index is -0.682. The lowest BCUT2D eigenvalue weighted by Gasteiger charge is -2.35. The van der Waals surface area contributed by atoms with Crippen molar-refractivity contribution in [3.8, 4) is 0 Å². The molecule has 0 aromatic heterocycles. The monoisotopic (exact) mass is 255 g/mol. The standard InChI is InChI=1S/C15H29NO2/c1-11(2)16(8-6-7-14(17)18)13-10-15(4,5)9-12(13)3/h11-13H,6-10H2,1-5H3,(H,17,18). The molecule has 0 saturated heterocycles. The Morgan fingerprint density at radius 1 is 1.39 bits per heavy atom. The Morgan fingerprint density at radius 3 is 2.39 bits per heavy atom. The van der Waals surface area contributed by atoms with Crippen molar-refractivity contribution < 1.29 is 9.90 Å². The highest BCUT2D eigenvalue weighted by Crippen LogP contribution is 2.43. The van der Waals surface area contributed by atoms with Gasteiger partial charge in [0.05, 0.1) is 0 Å². The van der Waals surface area contributed by atoms with Crippen LogP contribution in [-0.2, 0) is 4.79 Å². The highest BCUT2D eigenvalue weighted by Gasteiger charge is 2.40. The first-order valence-corrected chi connectivity index (χ1v) is 7.20. The van der Waals surface area contributed by atoms with Crippen molar-refractivity contribution >= 4 is 5.97 Å². The quantitative estimate of drug-likeness (QED) is 0.791.